The van der Waals surface area contributed by atoms with Crippen LogP contribution in [0.1, 0.15) is 31.8 Å². The number of rotatable bonds is 8. The highest BCUT2D eigenvalue weighted by Crippen LogP contribution is 2.27. The number of methoxy groups -OCH3 is 1. The van der Waals surface area contributed by atoms with Crippen LogP contribution in [0.2, 0.25) is 0 Å². The predicted molar refractivity (Wildman–Crippen MR) is 137 cm³/mol. The maximum Gasteiger partial charge on any atom is 0.335 e. The highest BCUT2D eigenvalue weighted by molar-refractivity contribution is 9.10. The lowest BCUT2D eigenvalue weighted by molar-refractivity contribution is 0.0696. The quantitative estimate of drug-likeness (QED) is 0.225. The molecular formula is C27H21BrN2O5. The van der Waals surface area contributed by atoms with Gasteiger partial charge in [0.2, 0.25) is 0 Å². The molecular weight excluding hydrogens is 512 g/mol. The summed E-state index contributed by atoms with van der Waals surface area (Å²) < 4.78 is 11.9. The van der Waals surface area contributed by atoms with Crippen LogP contribution in [0.25, 0.3) is 10.8 Å². The van der Waals surface area contributed by atoms with Gasteiger partial charge in [-0.1, -0.05) is 36.4 Å². The zero-order valence-corrected chi connectivity index (χ0v) is 20.3. The Morgan fingerprint density at radius 3 is 2.34 bits per heavy atom. The van der Waals surface area contributed by atoms with Crippen LogP contribution in [-0.4, -0.2) is 30.3 Å². The number of benzene rings is 4. The molecule has 0 saturated heterocycles. The Kier molecular flexibility index (Phi) is 7.42. The molecule has 8 heteroatoms. The summed E-state index contributed by atoms with van der Waals surface area (Å²) in [7, 11) is 1.52. The number of ether oxygens (including phenoxy) is 2. The summed E-state index contributed by atoms with van der Waals surface area (Å²) in [5.41, 5.74) is 4.76. The van der Waals surface area contributed by atoms with Crippen LogP contribution in [0.5, 0.6) is 11.5 Å². The van der Waals surface area contributed by atoms with Crippen molar-refractivity contribution in [3.8, 4) is 11.5 Å². The van der Waals surface area contributed by atoms with Crippen LogP contribution in [0.3, 0.4) is 0 Å². The number of carboxylic acid groups (broad SMARTS) is 1. The lowest BCUT2D eigenvalue weighted by atomic mass is 10.1. The third kappa shape index (κ3) is 5.85. The van der Waals surface area contributed by atoms with Crippen LogP contribution in [0.15, 0.2) is 88.4 Å². The molecule has 0 saturated carbocycles. The normalized spacial score (nSPS) is 10.9. The Hall–Kier alpha value is -4.17. The molecule has 4 aromatic carbocycles. The maximum atomic E-state index is 12.7. The van der Waals surface area contributed by atoms with E-state index in [2.05, 4.69) is 26.5 Å². The third-order valence-corrected chi connectivity index (χ3v) is 5.86. The van der Waals surface area contributed by atoms with Crippen molar-refractivity contribution in [3.63, 3.8) is 0 Å². The Balaban J connectivity index is 1.39. The summed E-state index contributed by atoms with van der Waals surface area (Å²) >= 11 is 3.48. The van der Waals surface area contributed by atoms with Crippen LogP contribution >= 0.6 is 15.9 Å². The summed E-state index contributed by atoms with van der Waals surface area (Å²) in [5.74, 6) is -0.255. The number of hydrazone groups is 1. The molecule has 0 unspecified atom stereocenters. The fourth-order valence-electron chi connectivity index (χ4n) is 3.41. The number of carbonyl (C=O) groups is 2. The molecule has 0 atom stereocenters. The van der Waals surface area contributed by atoms with Crippen molar-refractivity contribution >= 4 is 44.8 Å². The number of amides is 1. The molecule has 2 N–H and O–H groups in total. The van der Waals surface area contributed by atoms with E-state index in [4.69, 9.17) is 14.6 Å². The number of carboxylic acids is 1. The van der Waals surface area contributed by atoms with E-state index in [0.29, 0.717) is 21.5 Å². The van der Waals surface area contributed by atoms with Gasteiger partial charge in [0.15, 0.2) is 0 Å². The van der Waals surface area contributed by atoms with E-state index in [1.807, 2.05) is 36.4 Å². The number of hydrogen-bond donors (Lipinski definition) is 2. The molecule has 0 bridgehead atoms. The number of aromatic carboxylic acids is 1. The van der Waals surface area contributed by atoms with E-state index in [1.54, 1.807) is 30.3 Å². The molecule has 0 aliphatic carbocycles. The highest BCUT2D eigenvalue weighted by atomic mass is 79.9. The van der Waals surface area contributed by atoms with E-state index < -0.39 is 5.97 Å². The fraction of sp³-hybridized carbons (Fsp3) is 0.0741. The van der Waals surface area contributed by atoms with E-state index in [0.717, 1.165) is 21.9 Å². The number of carbonyl (C=O) groups excluding carboxylic acids is 1. The van der Waals surface area contributed by atoms with Crippen molar-refractivity contribution in [1.82, 2.24) is 5.43 Å². The van der Waals surface area contributed by atoms with Crippen LogP contribution < -0.4 is 14.9 Å². The van der Waals surface area contributed by atoms with Gasteiger partial charge in [0.05, 0.1) is 28.9 Å². The second kappa shape index (κ2) is 10.8. The Bertz CT molecular complexity index is 1420. The van der Waals surface area contributed by atoms with Gasteiger partial charge in [-0.15, -0.1) is 0 Å². The highest BCUT2D eigenvalue weighted by Gasteiger charge is 2.13. The Morgan fingerprint density at radius 2 is 1.69 bits per heavy atom. The molecule has 4 rings (SSSR count). The molecule has 176 valence electrons. The molecule has 0 aliphatic rings. The van der Waals surface area contributed by atoms with Gasteiger partial charge in [0, 0.05) is 0 Å². The number of halogens is 1. The van der Waals surface area contributed by atoms with Gasteiger partial charge in [-0.05, 0) is 80.3 Å². The van der Waals surface area contributed by atoms with Gasteiger partial charge in [0.25, 0.3) is 5.91 Å². The minimum atomic E-state index is -0.968. The maximum absolute atomic E-state index is 12.7. The van der Waals surface area contributed by atoms with Crippen LogP contribution in [0, 0.1) is 0 Å². The van der Waals surface area contributed by atoms with Crippen molar-refractivity contribution in [1.29, 1.82) is 0 Å². The Labute approximate surface area is 210 Å². The number of hydrogen-bond acceptors (Lipinski definition) is 5. The number of nitrogens with one attached hydrogen (secondary N) is 1. The fourth-order valence-corrected chi connectivity index (χ4v) is 3.92. The smallest absolute Gasteiger partial charge is 0.335 e. The minimum absolute atomic E-state index is 0.227. The molecule has 1 amide bonds. The summed E-state index contributed by atoms with van der Waals surface area (Å²) in [6.07, 6.45) is 1.53. The molecule has 0 aliphatic heterocycles. The summed E-state index contributed by atoms with van der Waals surface area (Å²) in [4.78, 5) is 23.6. The largest absolute Gasteiger partial charge is 0.496 e. The SMILES string of the molecule is COc1cc2ccccc2cc1C(=O)N/N=C\c1ccc(OCc2ccc(C(=O)O)cc2)c(Br)c1. The van der Waals surface area contributed by atoms with Crippen molar-refractivity contribution in [2.45, 2.75) is 6.61 Å². The van der Waals surface area contributed by atoms with Crippen molar-refractivity contribution in [3.05, 3.63) is 106 Å². The lowest BCUT2D eigenvalue weighted by Gasteiger charge is -2.10. The summed E-state index contributed by atoms with van der Waals surface area (Å²) in [5, 5.41) is 15.0. The molecule has 0 spiro atoms. The van der Waals surface area contributed by atoms with E-state index in [-0.39, 0.29) is 18.1 Å². The first-order valence-electron chi connectivity index (χ1n) is 10.6. The third-order valence-electron chi connectivity index (χ3n) is 5.24. The van der Waals surface area contributed by atoms with E-state index >= 15 is 0 Å². The first kappa shape index (κ1) is 24.0. The minimum Gasteiger partial charge on any atom is -0.496 e. The Morgan fingerprint density at radius 1 is 0.971 bits per heavy atom. The van der Waals surface area contributed by atoms with Gasteiger partial charge >= 0.3 is 5.97 Å². The average Bonchev–Trinajstić information content (AvgIpc) is 2.87. The first-order valence-corrected chi connectivity index (χ1v) is 11.4. The van der Waals surface area contributed by atoms with Gasteiger partial charge < -0.3 is 14.6 Å². The number of nitrogens with zero attached hydrogens (tertiary/aromatic N) is 1. The summed E-state index contributed by atoms with van der Waals surface area (Å²) in [6, 6.07) is 23.2. The topological polar surface area (TPSA) is 97.2 Å². The van der Waals surface area contributed by atoms with Crippen molar-refractivity contribution in [2.75, 3.05) is 7.11 Å². The predicted octanol–water partition coefficient (Wildman–Crippen LogP) is 5.65. The van der Waals surface area contributed by atoms with Gasteiger partial charge in [-0.2, -0.15) is 5.10 Å². The van der Waals surface area contributed by atoms with E-state index in [1.165, 1.54) is 25.5 Å². The summed E-state index contributed by atoms with van der Waals surface area (Å²) in [6.45, 7) is 0.287. The van der Waals surface area contributed by atoms with Crippen molar-refractivity contribution < 1.29 is 24.2 Å². The molecule has 7 nitrogen and oxygen atoms in total. The second-order valence-corrected chi connectivity index (χ2v) is 8.43. The van der Waals surface area contributed by atoms with Crippen molar-refractivity contribution in [2.24, 2.45) is 5.10 Å². The molecule has 0 radical (unpaired) electrons. The molecule has 0 aromatic heterocycles. The zero-order valence-electron chi connectivity index (χ0n) is 18.7. The monoisotopic (exact) mass is 532 g/mol. The molecule has 4 aromatic rings. The van der Waals surface area contributed by atoms with Crippen LogP contribution in [0.4, 0.5) is 0 Å². The lowest BCUT2D eigenvalue weighted by Crippen LogP contribution is -2.18. The standard InChI is InChI=1S/C27H21BrN2O5/c1-34-25-14-21-5-3-2-4-20(21)13-22(25)26(31)30-29-15-18-8-11-24(23(28)12-18)35-16-17-6-9-19(10-7-17)27(32)33/h2-15H,16H2,1H3,(H,30,31)(H,32,33)/b29-15-. The first-order chi connectivity index (χ1) is 16.9. The molecule has 0 fully saturated rings. The molecule has 0 heterocycles. The van der Waals surface area contributed by atoms with Gasteiger partial charge in [-0.25, -0.2) is 10.2 Å². The second-order valence-electron chi connectivity index (χ2n) is 7.58. The average molecular weight is 533 g/mol. The molecule has 35 heavy (non-hydrogen) atoms. The van der Waals surface area contributed by atoms with Gasteiger partial charge in [0.1, 0.15) is 18.1 Å². The van der Waals surface area contributed by atoms with Gasteiger partial charge in [-0.3, -0.25) is 4.79 Å². The van der Waals surface area contributed by atoms with Crippen LogP contribution in [-0.2, 0) is 6.61 Å². The van der Waals surface area contributed by atoms with E-state index in [9.17, 15) is 9.59 Å². The zero-order chi connectivity index (χ0) is 24.8. The number of fused-ring (bicyclic) bond motifs is 1.